The van der Waals surface area contributed by atoms with Crippen molar-refractivity contribution in [1.82, 2.24) is 14.8 Å². The molecule has 0 aliphatic heterocycles. The Morgan fingerprint density at radius 1 is 1.11 bits per heavy atom. The van der Waals surface area contributed by atoms with Crippen molar-refractivity contribution in [2.45, 2.75) is 25.9 Å². The highest BCUT2D eigenvalue weighted by molar-refractivity contribution is 9.10. The van der Waals surface area contributed by atoms with Crippen LogP contribution >= 0.6 is 50.9 Å². The summed E-state index contributed by atoms with van der Waals surface area (Å²) in [5, 5.41) is 10.3. The van der Waals surface area contributed by atoms with Crippen molar-refractivity contribution in [3.63, 3.8) is 0 Å². The quantitative estimate of drug-likeness (QED) is 0.366. The molecule has 0 aliphatic carbocycles. The highest BCUT2D eigenvalue weighted by atomic mass is 79.9. The van der Waals surface area contributed by atoms with E-state index >= 15 is 0 Å². The van der Waals surface area contributed by atoms with Gasteiger partial charge in [0, 0.05) is 15.5 Å². The molecular weight excluding hydrogens is 481 g/mol. The van der Waals surface area contributed by atoms with Crippen molar-refractivity contribution in [2.24, 2.45) is 5.41 Å². The first-order valence-electron chi connectivity index (χ1n) is 8.50. The molecule has 1 aromatic heterocycles. The molecule has 0 saturated carbocycles. The summed E-state index contributed by atoms with van der Waals surface area (Å²) in [6.07, 6.45) is 0. The zero-order chi connectivity index (χ0) is 20.5. The number of carbonyl (C=O) groups excluding carboxylic acids is 1. The fraction of sp³-hybridized carbons (Fsp3) is 0.250. The summed E-state index contributed by atoms with van der Waals surface area (Å²) in [6.45, 7) is 5.73. The number of hydrogen-bond donors (Lipinski definition) is 0. The van der Waals surface area contributed by atoms with Crippen LogP contribution in [0.25, 0.3) is 17.1 Å². The summed E-state index contributed by atoms with van der Waals surface area (Å²) in [7, 11) is 0. The number of benzene rings is 2. The molecule has 0 N–H and O–H groups in total. The molecule has 0 aliphatic rings. The summed E-state index contributed by atoms with van der Waals surface area (Å²) in [5.41, 5.74) is 1.25. The van der Waals surface area contributed by atoms with Crippen molar-refractivity contribution in [3.05, 3.63) is 57.0 Å². The molecule has 0 atom stereocenters. The average Bonchev–Trinajstić information content (AvgIpc) is 3.05. The molecular formula is C20H18BrCl2N3OS. The first-order valence-corrected chi connectivity index (χ1v) is 11.0. The van der Waals surface area contributed by atoms with Gasteiger partial charge in [-0.3, -0.25) is 9.36 Å². The first-order chi connectivity index (χ1) is 13.2. The number of Topliss-reactive ketones (excluding diaryl/α,β-unsaturated/α-hetero) is 1. The van der Waals surface area contributed by atoms with Crippen molar-refractivity contribution in [3.8, 4) is 17.1 Å². The molecule has 0 spiro atoms. The van der Waals surface area contributed by atoms with Gasteiger partial charge in [0.1, 0.15) is 5.78 Å². The Hall–Kier alpha value is -1.34. The monoisotopic (exact) mass is 497 g/mol. The van der Waals surface area contributed by atoms with E-state index in [2.05, 4.69) is 26.1 Å². The minimum atomic E-state index is -0.410. The smallest absolute Gasteiger partial charge is 0.196 e. The van der Waals surface area contributed by atoms with Crippen molar-refractivity contribution in [1.29, 1.82) is 0 Å². The normalized spacial score (nSPS) is 11.6. The maximum absolute atomic E-state index is 12.4. The van der Waals surface area contributed by atoms with Crippen LogP contribution in [-0.4, -0.2) is 26.3 Å². The number of carbonyl (C=O) groups is 1. The SMILES string of the molecule is CC(C)(C)C(=O)CSc1nnc(-c2ccccc2Br)n1-c1ccc(Cl)c(Cl)c1. The minimum Gasteiger partial charge on any atom is -0.298 e. The topological polar surface area (TPSA) is 47.8 Å². The van der Waals surface area contributed by atoms with Crippen LogP contribution in [0.3, 0.4) is 0 Å². The molecule has 4 nitrogen and oxygen atoms in total. The Bertz CT molecular complexity index is 1030. The summed E-state index contributed by atoms with van der Waals surface area (Å²) in [5.74, 6) is 1.10. The Labute approximate surface area is 186 Å². The molecule has 3 aromatic rings. The predicted octanol–water partition coefficient (Wildman–Crippen LogP) is 6.71. The third-order valence-electron chi connectivity index (χ3n) is 4.08. The fourth-order valence-electron chi connectivity index (χ4n) is 2.38. The Balaban J connectivity index is 2.09. The summed E-state index contributed by atoms with van der Waals surface area (Å²) in [4.78, 5) is 12.4. The van der Waals surface area contributed by atoms with Crippen LogP contribution in [0, 0.1) is 5.41 Å². The van der Waals surface area contributed by atoms with Crippen molar-refractivity contribution >= 4 is 56.7 Å². The molecule has 2 aromatic carbocycles. The number of halogens is 3. The molecule has 0 saturated heterocycles. The van der Waals surface area contributed by atoms with Crippen LogP contribution in [0.4, 0.5) is 0 Å². The van der Waals surface area contributed by atoms with E-state index in [1.165, 1.54) is 11.8 Å². The van der Waals surface area contributed by atoms with Crippen LogP contribution in [0.5, 0.6) is 0 Å². The molecule has 0 bridgehead atoms. The molecule has 146 valence electrons. The lowest BCUT2D eigenvalue weighted by atomic mass is 9.92. The molecule has 0 unspecified atom stereocenters. The van der Waals surface area contributed by atoms with E-state index in [0.717, 1.165) is 15.7 Å². The van der Waals surface area contributed by atoms with Crippen molar-refractivity contribution < 1.29 is 4.79 Å². The van der Waals surface area contributed by atoms with E-state index in [1.54, 1.807) is 12.1 Å². The van der Waals surface area contributed by atoms with Gasteiger partial charge in [-0.1, -0.05) is 89.9 Å². The second-order valence-corrected chi connectivity index (χ2v) is 9.79. The zero-order valence-electron chi connectivity index (χ0n) is 15.5. The van der Waals surface area contributed by atoms with E-state index in [0.29, 0.717) is 26.8 Å². The van der Waals surface area contributed by atoms with Gasteiger partial charge in [0.15, 0.2) is 11.0 Å². The fourth-order valence-corrected chi connectivity index (χ4v) is 4.25. The van der Waals surface area contributed by atoms with E-state index < -0.39 is 5.41 Å². The number of nitrogens with zero attached hydrogens (tertiary/aromatic N) is 3. The van der Waals surface area contributed by atoms with Gasteiger partial charge in [-0.25, -0.2) is 0 Å². The van der Waals surface area contributed by atoms with E-state index in [-0.39, 0.29) is 5.78 Å². The Kier molecular flexibility index (Phi) is 6.54. The Morgan fingerprint density at radius 3 is 2.46 bits per heavy atom. The molecule has 0 amide bonds. The highest BCUT2D eigenvalue weighted by Gasteiger charge is 2.24. The lowest BCUT2D eigenvalue weighted by molar-refractivity contribution is -0.123. The summed E-state index contributed by atoms with van der Waals surface area (Å²) >= 11 is 17.3. The van der Waals surface area contributed by atoms with Gasteiger partial charge in [0.05, 0.1) is 21.5 Å². The highest BCUT2D eigenvalue weighted by Crippen LogP contribution is 2.34. The summed E-state index contributed by atoms with van der Waals surface area (Å²) < 4.78 is 2.79. The predicted molar refractivity (Wildman–Crippen MR) is 120 cm³/mol. The lowest BCUT2D eigenvalue weighted by Gasteiger charge is -2.16. The second-order valence-electron chi connectivity index (χ2n) is 7.18. The molecule has 1 heterocycles. The molecule has 0 fully saturated rings. The first kappa shape index (κ1) is 21.4. The van der Waals surface area contributed by atoms with Gasteiger partial charge in [-0.2, -0.15) is 0 Å². The number of ketones is 1. The minimum absolute atomic E-state index is 0.142. The molecule has 3 rings (SSSR count). The van der Waals surface area contributed by atoms with Crippen LogP contribution in [-0.2, 0) is 4.79 Å². The van der Waals surface area contributed by atoms with E-state index in [4.69, 9.17) is 23.2 Å². The van der Waals surface area contributed by atoms with Gasteiger partial charge in [-0.15, -0.1) is 10.2 Å². The number of thioether (sulfide) groups is 1. The van der Waals surface area contributed by atoms with Gasteiger partial charge < -0.3 is 0 Å². The van der Waals surface area contributed by atoms with Crippen LogP contribution < -0.4 is 0 Å². The number of hydrogen-bond acceptors (Lipinski definition) is 4. The van der Waals surface area contributed by atoms with Crippen LogP contribution in [0.1, 0.15) is 20.8 Å². The third kappa shape index (κ3) is 4.62. The van der Waals surface area contributed by atoms with E-state index in [1.807, 2.05) is 55.7 Å². The standard InChI is InChI=1S/C20H18BrCl2N3OS/c1-20(2,3)17(27)11-28-19-25-24-18(13-6-4-5-7-14(13)21)26(19)12-8-9-15(22)16(23)10-12/h4-10H,11H2,1-3H3. The molecule has 8 heteroatoms. The van der Waals surface area contributed by atoms with E-state index in [9.17, 15) is 4.79 Å². The van der Waals surface area contributed by atoms with Gasteiger partial charge >= 0.3 is 0 Å². The van der Waals surface area contributed by atoms with Crippen LogP contribution in [0.15, 0.2) is 52.1 Å². The molecule has 28 heavy (non-hydrogen) atoms. The number of rotatable bonds is 5. The van der Waals surface area contributed by atoms with Gasteiger partial charge in [0.25, 0.3) is 0 Å². The number of aromatic nitrogens is 3. The summed E-state index contributed by atoms with van der Waals surface area (Å²) in [6, 6.07) is 13.1. The van der Waals surface area contributed by atoms with Crippen molar-refractivity contribution in [2.75, 3.05) is 5.75 Å². The molecule has 0 radical (unpaired) electrons. The second kappa shape index (κ2) is 8.57. The maximum Gasteiger partial charge on any atom is 0.196 e. The Morgan fingerprint density at radius 2 is 1.82 bits per heavy atom. The average molecular weight is 499 g/mol. The van der Waals surface area contributed by atoms with Crippen LogP contribution in [0.2, 0.25) is 10.0 Å². The van der Waals surface area contributed by atoms with Gasteiger partial charge in [-0.05, 0) is 24.3 Å². The maximum atomic E-state index is 12.4. The van der Waals surface area contributed by atoms with Gasteiger partial charge in [0.2, 0.25) is 0 Å². The largest absolute Gasteiger partial charge is 0.298 e. The lowest BCUT2D eigenvalue weighted by Crippen LogP contribution is -2.22. The third-order valence-corrected chi connectivity index (χ3v) is 6.44. The zero-order valence-corrected chi connectivity index (χ0v) is 19.5.